The second kappa shape index (κ2) is 6.74. The molecule has 0 saturated carbocycles. The first-order chi connectivity index (χ1) is 11.7. The smallest absolute Gasteiger partial charge is 0.336 e. The molecule has 25 heavy (non-hydrogen) atoms. The molecule has 128 valence electrons. The number of aromatic carboxylic acids is 1. The van der Waals surface area contributed by atoms with Crippen LogP contribution in [0.1, 0.15) is 26.3 Å². The number of benzene rings is 2. The van der Waals surface area contributed by atoms with Gasteiger partial charge in [-0.1, -0.05) is 12.1 Å². The van der Waals surface area contributed by atoms with Crippen LogP contribution in [0, 0.1) is 27.2 Å². The normalized spacial score (nSPS) is 10.1. The average Bonchev–Trinajstić information content (AvgIpc) is 2.55. The first-order valence-electron chi connectivity index (χ1n) is 6.79. The number of hydrogen-bond acceptors (Lipinski definition) is 6. The van der Waals surface area contributed by atoms with Gasteiger partial charge in [-0.05, 0) is 18.6 Å². The summed E-state index contributed by atoms with van der Waals surface area (Å²) >= 11 is 0. The summed E-state index contributed by atoms with van der Waals surface area (Å²) in [6, 6.07) is 6.93. The summed E-state index contributed by atoms with van der Waals surface area (Å²) in [5.41, 5.74) is -1.63. The van der Waals surface area contributed by atoms with Crippen molar-refractivity contribution in [2.24, 2.45) is 0 Å². The van der Waals surface area contributed by atoms with Crippen molar-refractivity contribution in [2.75, 3.05) is 5.32 Å². The Balaban J connectivity index is 2.52. The van der Waals surface area contributed by atoms with Gasteiger partial charge < -0.3 is 10.4 Å². The van der Waals surface area contributed by atoms with Gasteiger partial charge in [0.05, 0.1) is 21.1 Å². The van der Waals surface area contributed by atoms with Crippen LogP contribution in [-0.4, -0.2) is 26.8 Å². The summed E-state index contributed by atoms with van der Waals surface area (Å²) < 4.78 is 0. The molecule has 2 aromatic carbocycles. The second-order valence-electron chi connectivity index (χ2n) is 4.97. The van der Waals surface area contributed by atoms with Crippen LogP contribution < -0.4 is 5.32 Å². The second-order valence-corrected chi connectivity index (χ2v) is 4.97. The number of rotatable bonds is 5. The fourth-order valence-electron chi connectivity index (χ4n) is 2.15. The quantitative estimate of drug-likeness (QED) is 0.624. The molecule has 2 N–H and O–H groups in total. The number of carboxylic acids is 1. The predicted octanol–water partition coefficient (Wildman–Crippen LogP) is 2.76. The van der Waals surface area contributed by atoms with Gasteiger partial charge >= 0.3 is 5.97 Å². The Hall–Kier alpha value is -3.82. The molecule has 0 aliphatic heterocycles. The molecule has 0 saturated heterocycles. The SMILES string of the molecule is Cc1ccc([N+](=O)[O-])cc1NC(=O)c1c(C(=O)O)cccc1[N+](=O)[O-]. The van der Waals surface area contributed by atoms with Crippen LogP contribution in [0.4, 0.5) is 17.1 Å². The van der Waals surface area contributed by atoms with Gasteiger partial charge in [0.25, 0.3) is 17.3 Å². The van der Waals surface area contributed by atoms with Gasteiger partial charge in [0.1, 0.15) is 5.56 Å². The van der Waals surface area contributed by atoms with Crippen molar-refractivity contribution in [3.8, 4) is 0 Å². The lowest BCUT2D eigenvalue weighted by atomic mass is 10.0. The highest BCUT2D eigenvalue weighted by Gasteiger charge is 2.27. The van der Waals surface area contributed by atoms with E-state index >= 15 is 0 Å². The van der Waals surface area contributed by atoms with Crippen molar-refractivity contribution in [2.45, 2.75) is 6.92 Å². The van der Waals surface area contributed by atoms with Crippen molar-refractivity contribution in [3.63, 3.8) is 0 Å². The largest absolute Gasteiger partial charge is 0.478 e. The molecule has 0 bridgehead atoms. The molecule has 0 atom stereocenters. The molecule has 10 nitrogen and oxygen atoms in total. The number of nitrogens with one attached hydrogen (secondary N) is 1. The van der Waals surface area contributed by atoms with Gasteiger partial charge in [-0.15, -0.1) is 0 Å². The number of nitro benzene ring substituents is 2. The summed E-state index contributed by atoms with van der Waals surface area (Å²) in [6.07, 6.45) is 0. The average molecular weight is 345 g/mol. The monoisotopic (exact) mass is 345 g/mol. The third-order valence-corrected chi connectivity index (χ3v) is 3.38. The summed E-state index contributed by atoms with van der Waals surface area (Å²) in [5.74, 6) is -2.56. The van der Waals surface area contributed by atoms with E-state index in [4.69, 9.17) is 5.11 Å². The molecule has 0 radical (unpaired) electrons. The number of nitrogens with zero attached hydrogens (tertiary/aromatic N) is 2. The van der Waals surface area contributed by atoms with E-state index in [0.29, 0.717) is 5.56 Å². The van der Waals surface area contributed by atoms with Crippen LogP contribution in [0.25, 0.3) is 0 Å². The van der Waals surface area contributed by atoms with Crippen LogP contribution >= 0.6 is 0 Å². The lowest BCUT2D eigenvalue weighted by Gasteiger charge is -2.10. The van der Waals surface area contributed by atoms with Crippen LogP contribution in [0.2, 0.25) is 0 Å². The Labute approximate surface area is 140 Å². The Morgan fingerprint density at radius 1 is 1.08 bits per heavy atom. The molecule has 2 rings (SSSR count). The fraction of sp³-hybridized carbons (Fsp3) is 0.0667. The zero-order chi connectivity index (χ0) is 18.7. The van der Waals surface area contributed by atoms with E-state index < -0.39 is 38.5 Å². The van der Waals surface area contributed by atoms with Crippen LogP contribution in [0.5, 0.6) is 0 Å². The molecular formula is C15H11N3O7. The topological polar surface area (TPSA) is 153 Å². The molecule has 0 unspecified atom stereocenters. The molecule has 2 aromatic rings. The lowest BCUT2D eigenvalue weighted by Crippen LogP contribution is -2.19. The Morgan fingerprint density at radius 3 is 2.32 bits per heavy atom. The zero-order valence-electron chi connectivity index (χ0n) is 12.8. The van der Waals surface area contributed by atoms with Gasteiger partial charge in [0, 0.05) is 18.2 Å². The highest BCUT2D eigenvalue weighted by atomic mass is 16.6. The van der Waals surface area contributed by atoms with E-state index in [1.807, 2.05) is 0 Å². The molecule has 0 aliphatic carbocycles. The number of hydrogen-bond donors (Lipinski definition) is 2. The molecule has 0 aromatic heterocycles. The van der Waals surface area contributed by atoms with Crippen LogP contribution in [0.3, 0.4) is 0 Å². The van der Waals surface area contributed by atoms with E-state index in [9.17, 15) is 29.8 Å². The predicted molar refractivity (Wildman–Crippen MR) is 85.8 cm³/mol. The Morgan fingerprint density at radius 2 is 1.76 bits per heavy atom. The van der Waals surface area contributed by atoms with E-state index in [-0.39, 0.29) is 11.4 Å². The highest BCUT2D eigenvalue weighted by Crippen LogP contribution is 2.26. The van der Waals surface area contributed by atoms with Gasteiger partial charge in [-0.25, -0.2) is 4.79 Å². The summed E-state index contributed by atoms with van der Waals surface area (Å²) in [6.45, 7) is 1.57. The van der Waals surface area contributed by atoms with Gasteiger partial charge in [-0.2, -0.15) is 0 Å². The number of carbonyl (C=O) groups excluding carboxylic acids is 1. The number of nitro groups is 2. The van der Waals surface area contributed by atoms with Crippen molar-refractivity contribution < 1.29 is 24.5 Å². The third kappa shape index (κ3) is 3.58. The number of non-ortho nitro benzene ring substituents is 1. The number of aryl methyl sites for hydroxylation is 1. The Kier molecular flexibility index (Phi) is 4.73. The van der Waals surface area contributed by atoms with E-state index in [2.05, 4.69) is 5.32 Å². The Bertz CT molecular complexity index is 876. The number of anilines is 1. The van der Waals surface area contributed by atoms with E-state index in [1.54, 1.807) is 6.92 Å². The van der Waals surface area contributed by atoms with Crippen molar-refractivity contribution in [1.29, 1.82) is 0 Å². The minimum absolute atomic E-state index is 0.0497. The van der Waals surface area contributed by atoms with Gasteiger partial charge in [0.15, 0.2) is 0 Å². The number of carbonyl (C=O) groups is 2. The maximum atomic E-state index is 12.4. The van der Waals surface area contributed by atoms with Crippen molar-refractivity contribution in [1.82, 2.24) is 0 Å². The van der Waals surface area contributed by atoms with Crippen molar-refractivity contribution in [3.05, 3.63) is 73.3 Å². The van der Waals surface area contributed by atoms with E-state index in [0.717, 1.165) is 24.3 Å². The summed E-state index contributed by atoms with van der Waals surface area (Å²) in [5, 5.41) is 33.4. The minimum Gasteiger partial charge on any atom is -0.478 e. The first-order valence-corrected chi connectivity index (χ1v) is 6.79. The molecule has 1 amide bonds. The number of carboxylic acid groups (broad SMARTS) is 1. The standard InChI is InChI=1S/C15H11N3O7/c1-8-5-6-9(17(22)23)7-11(8)16-14(19)13-10(15(20)21)3-2-4-12(13)18(24)25/h2-7H,1H3,(H,16,19)(H,20,21). The fourth-order valence-corrected chi connectivity index (χ4v) is 2.15. The minimum atomic E-state index is -1.51. The first kappa shape index (κ1) is 17.5. The zero-order valence-corrected chi connectivity index (χ0v) is 12.8. The van der Waals surface area contributed by atoms with Crippen LogP contribution in [0.15, 0.2) is 36.4 Å². The number of amides is 1. The highest BCUT2D eigenvalue weighted by molar-refractivity contribution is 6.13. The summed E-state index contributed by atoms with van der Waals surface area (Å²) in [4.78, 5) is 44.1. The maximum Gasteiger partial charge on any atom is 0.336 e. The van der Waals surface area contributed by atoms with Gasteiger partial charge in [-0.3, -0.25) is 25.0 Å². The van der Waals surface area contributed by atoms with Crippen molar-refractivity contribution >= 4 is 28.9 Å². The molecule has 10 heteroatoms. The molecular weight excluding hydrogens is 334 g/mol. The molecule has 0 aliphatic rings. The third-order valence-electron chi connectivity index (χ3n) is 3.38. The van der Waals surface area contributed by atoms with E-state index in [1.165, 1.54) is 12.1 Å². The summed E-state index contributed by atoms with van der Waals surface area (Å²) in [7, 11) is 0. The maximum absolute atomic E-state index is 12.4. The van der Waals surface area contributed by atoms with Gasteiger partial charge in [0.2, 0.25) is 0 Å². The molecule has 0 fully saturated rings. The molecule has 0 spiro atoms. The molecule has 0 heterocycles. The van der Waals surface area contributed by atoms with Crippen LogP contribution in [-0.2, 0) is 0 Å². The lowest BCUT2D eigenvalue weighted by molar-refractivity contribution is -0.385.